The van der Waals surface area contributed by atoms with E-state index in [1.54, 1.807) is 0 Å². The topological polar surface area (TPSA) is 115 Å². The molecular weight excluding hydrogens is 256 g/mol. The summed E-state index contributed by atoms with van der Waals surface area (Å²) in [5.74, 6) is -0.00982. The van der Waals surface area contributed by atoms with Crippen LogP contribution in [0.25, 0.3) is 0 Å². The van der Waals surface area contributed by atoms with Crippen LogP contribution in [0, 0.1) is 0 Å². The minimum absolute atomic E-state index is 0.118. The van der Waals surface area contributed by atoms with Crippen molar-refractivity contribution in [2.24, 2.45) is 0 Å². The van der Waals surface area contributed by atoms with Crippen LogP contribution in [0.1, 0.15) is 23.3 Å². The Kier molecular flexibility index (Phi) is 3.46. The Morgan fingerprint density at radius 2 is 2.22 bits per heavy atom. The van der Waals surface area contributed by atoms with Crippen LogP contribution in [-0.2, 0) is 9.84 Å². The van der Waals surface area contributed by atoms with Gasteiger partial charge < -0.3 is 11.1 Å². The van der Waals surface area contributed by atoms with Gasteiger partial charge in [-0.05, 0) is 12.8 Å². The second-order valence-electron chi connectivity index (χ2n) is 4.17. The summed E-state index contributed by atoms with van der Waals surface area (Å²) in [6, 6.07) is 0. The third-order valence-corrected chi connectivity index (χ3v) is 5.13. The Balaban J connectivity index is 1.95. The van der Waals surface area contributed by atoms with Crippen LogP contribution in [0.5, 0.6) is 0 Å². The van der Waals surface area contributed by atoms with Crippen LogP contribution in [0.3, 0.4) is 0 Å². The molecular formula is C10H14N4O3S. The van der Waals surface area contributed by atoms with E-state index in [0.29, 0.717) is 12.8 Å². The fourth-order valence-electron chi connectivity index (χ4n) is 1.84. The van der Waals surface area contributed by atoms with Crippen molar-refractivity contribution < 1.29 is 13.2 Å². The minimum Gasteiger partial charge on any atom is -0.382 e. The molecule has 0 aliphatic carbocycles. The highest BCUT2D eigenvalue weighted by Crippen LogP contribution is 2.19. The van der Waals surface area contributed by atoms with Gasteiger partial charge in [0.2, 0.25) is 0 Å². The predicted octanol–water partition coefficient (Wildman–Crippen LogP) is -0.634. The zero-order chi connectivity index (χ0) is 13.2. The molecule has 0 radical (unpaired) electrons. The number of nitrogens with zero attached hydrogens (tertiary/aromatic N) is 2. The van der Waals surface area contributed by atoms with Crippen LogP contribution < -0.4 is 11.1 Å². The summed E-state index contributed by atoms with van der Waals surface area (Å²) >= 11 is 0. The fraction of sp³-hybridized carbons (Fsp3) is 0.500. The number of nitrogens with two attached hydrogens (primary N) is 1. The zero-order valence-electron chi connectivity index (χ0n) is 9.67. The Labute approximate surface area is 105 Å². The SMILES string of the molecule is Nc1cnc(C(=O)NCC2CCCS2(=O)=O)cn1. The second kappa shape index (κ2) is 4.89. The first kappa shape index (κ1) is 12.7. The van der Waals surface area contributed by atoms with Gasteiger partial charge in [0.1, 0.15) is 11.5 Å². The lowest BCUT2D eigenvalue weighted by Crippen LogP contribution is -2.35. The maximum atomic E-state index is 11.7. The molecule has 1 aromatic heterocycles. The molecule has 3 N–H and O–H groups in total. The van der Waals surface area contributed by atoms with Gasteiger partial charge in [-0.15, -0.1) is 0 Å². The molecule has 2 heterocycles. The van der Waals surface area contributed by atoms with Gasteiger partial charge in [-0.2, -0.15) is 0 Å². The number of nitrogen functional groups attached to an aromatic ring is 1. The highest BCUT2D eigenvalue weighted by atomic mass is 32.2. The Morgan fingerprint density at radius 1 is 1.44 bits per heavy atom. The van der Waals surface area contributed by atoms with Gasteiger partial charge in [0.05, 0.1) is 23.4 Å². The van der Waals surface area contributed by atoms with E-state index in [9.17, 15) is 13.2 Å². The first-order valence-electron chi connectivity index (χ1n) is 5.56. The van der Waals surface area contributed by atoms with E-state index >= 15 is 0 Å². The van der Waals surface area contributed by atoms with Gasteiger partial charge in [0.25, 0.3) is 5.91 Å². The van der Waals surface area contributed by atoms with E-state index < -0.39 is 21.0 Å². The normalized spacial score (nSPS) is 21.7. The summed E-state index contributed by atoms with van der Waals surface area (Å²) < 4.78 is 23.1. The summed E-state index contributed by atoms with van der Waals surface area (Å²) in [6.07, 6.45) is 3.79. The lowest BCUT2D eigenvalue weighted by Gasteiger charge is -2.10. The van der Waals surface area contributed by atoms with Crippen molar-refractivity contribution in [1.82, 2.24) is 15.3 Å². The smallest absolute Gasteiger partial charge is 0.271 e. The van der Waals surface area contributed by atoms with E-state index in [1.807, 2.05) is 0 Å². The van der Waals surface area contributed by atoms with E-state index in [-0.39, 0.29) is 23.8 Å². The highest BCUT2D eigenvalue weighted by molar-refractivity contribution is 7.92. The second-order valence-corrected chi connectivity index (χ2v) is 6.57. The molecule has 1 fully saturated rings. The molecule has 1 aromatic rings. The van der Waals surface area contributed by atoms with E-state index in [2.05, 4.69) is 15.3 Å². The van der Waals surface area contributed by atoms with Crippen molar-refractivity contribution >= 4 is 21.6 Å². The minimum atomic E-state index is -3.04. The van der Waals surface area contributed by atoms with Gasteiger partial charge in [-0.3, -0.25) is 4.79 Å². The predicted molar refractivity (Wildman–Crippen MR) is 65.6 cm³/mol. The van der Waals surface area contributed by atoms with Crippen LogP contribution in [-0.4, -0.2) is 41.8 Å². The standard InChI is InChI=1S/C10H14N4O3S/c11-9-6-12-8(5-13-9)10(15)14-4-7-2-1-3-18(7,16)17/h5-7H,1-4H2,(H2,11,13)(H,14,15). The Morgan fingerprint density at radius 3 is 2.78 bits per heavy atom. The van der Waals surface area contributed by atoms with Crippen LogP contribution >= 0.6 is 0 Å². The van der Waals surface area contributed by atoms with Gasteiger partial charge in [-0.1, -0.05) is 0 Å². The van der Waals surface area contributed by atoms with Crippen molar-refractivity contribution in [2.75, 3.05) is 18.0 Å². The number of hydrogen-bond donors (Lipinski definition) is 2. The lowest BCUT2D eigenvalue weighted by atomic mass is 10.2. The third-order valence-electron chi connectivity index (χ3n) is 2.86. The monoisotopic (exact) mass is 270 g/mol. The molecule has 0 saturated carbocycles. The average Bonchev–Trinajstić information content (AvgIpc) is 2.66. The highest BCUT2D eigenvalue weighted by Gasteiger charge is 2.31. The first-order chi connectivity index (χ1) is 8.49. The molecule has 0 bridgehead atoms. The number of sulfone groups is 1. The van der Waals surface area contributed by atoms with Crippen molar-refractivity contribution in [3.63, 3.8) is 0 Å². The Bertz CT molecular complexity index is 541. The van der Waals surface area contributed by atoms with Gasteiger partial charge in [0.15, 0.2) is 9.84 Å². The molecule has 0 spiro atoms. The Hall–Kier alpha value is -1.70. The number of rotatable bonds is 3. The molecule has 18 heavy (non-hydrogen) atoms. The summed E-state index contributed by atoms with van der Waals surface area (Å²) in [4.78, 5) is 19.2. The lowest BCUT2D eigenvalue weighted by molar-refractivity contribution is 0.0948. The van der Waals surface area contributed by atoms with Crippen molar-refractivity contribution in [3.05, 3.63) is 18.1 Å². The van der Waals surface area contributed by atoms with Crippen molar-refractivity contribution in [3.8, 4) is 0 Å². The largest absolute Gasteiger partial charge is 0.382 e. The van der Waals surface area contributed by atoms with E-state index in [4.69, 9.17) is 5.73 Å². The number of anilines is 1. The van der Waals surface area contributed by atoms with Gasteiger partial charge >= 0.3 is 0 Å². The van der Waals surface area contributed by atoms with Crippen molar-refractivity contribution in [1.29, 1.82) is 0 Å². The summed E-state index contributed by atoms with van der Waals surface area (Å²) in [5.41, 5.74) is 5.48. The quantitative estimate of drug-likeness (QED) is 0.755. The maximum Gasteiger partial charge on any atom is 0.271 e. The van der Waals surface area contributed by atoms with Gasteiger partial charge in [-0.25, -0.2) is 18.4 Å². The molecule has 1 aliphatic rings. The number of carbonyl (C=O) groups is 1. The molecule has 8 heteroatoms. The van der Waals surface area contributed by atoms with E-state index in [1.165, 1.54) is 12.4 Å². The molecule has 2 rings (SSSR count). The molecule has 1 unspecified atom stereocenters. The first-order valence-corrected chi connectivity index (χ1v) is 7.28. The molecule has 1 saturated heterocycles. The van der Waals surface area contributed by atoms with Crippen LogP contribution in [0.15, 0.2) is 12.4 Å². The van der Waals surface area contributed by atoms with Crippen LogP contribution in [0.2, 0.25) is 0 Å². The molecule has 1 aliphatic heterocycles. The molecule has 1 atom stereocenters. The molecule has 98 valence electrons. The van der Waals surface area contributed by atoms with Crippen LogP contribution in [0.4, 0.5) is 5.82 Å². The third kappa shape index (κ3) is 2.76. The van der Waals surface area contributed by atoms with E-state index in [0.717, 1.165) is 0 Å². The maximum absolute atomic E-state index is 11.7. The number of amides is 1. The fourth-order valence-corrected chi connectivity index (χ4v) is 3.61. The molecule has 1 amide bonds. The summed E-state index contributed by atoms with van der Waals surface area (Å²) in [5, 5.41) is 2.07. The molecule has 0 aromatic carbocycles. The molecule has 7 nitrogen and oxygen atoms in total. The van der Waals surface area contributed by atoms with Crippen molar-refractivity contribution in [2.45, 2.75) is 18.1 Å². The zero-order valence-corrected chi connectivity index (χ0v) is 10.5. The van der Waals surface area contributed by atoms with Gasteiger partial charge in [0, 0.05) is 6.54 Å². The summed E-state index contributed by atoms with van der Waals surface area (Å²) in [6.45, 7) is 0.118. The number of hydrogen-bond acceptors (Lipinski definition) is 6. The number of carbonyl (C=O) groups excluding carboxylic acids is 1. The summed E-state index contributed by atoms with van der Waals surface area (Å²) in [7, 11) is -3.04. The number of aromatic nitrogens is 2. The average molecular weight is 270 g/mol. The number of nitrogens with one attached hydrogen (secondary N) is 1.